The van der Waals surface area contributed by atoms with Gasteiger partial charge in [-0.3, -0.25) is 14.4 Å². The molecule has 1 aromatic rings. The number of amides is 1. The highest BCUT2D eigenvalue weighted by Crippen LogP contribution is 2.09. The van der Waals surface area contributed by atoms with Crippen molar-refractivity contribution in [2.45, 2.75) is 33.0 Å². The van der Waals surface area contributed by atoms with Gasteiger partial charge in [-0.2, -0.15) is 5.10 Å². The SMILES string of the molecule is Cc1cc(C(=O)NCCN2C[C@@H](C)O[C@@H](C)C2)n(C)n1. The fourth-order valence-electron chi connectivity index (χ4n) is 2.71. The molecule has 0 saturated carbocycles. The monoisotopic (exact) mass is 280 g/mol. The van der Waals surface area contributed by atoms with Gasteiger partial charge >= 0.3 is 0 Å². The second kappa shape index (κ2) is 6.37. The minimum Gasteiger partial charge on any atom is -0.373 e. The third kappa shape index (κ3) is 3.80. The molecule has 1 N–H and O–H groups in total. The number of hydrogen-bond acceptors (Lipinski definition) is 4. The Labute approximate surface area is 120 Å². The minimum atomic E-state index is -0.0672. The van der Waals surface area contributed by atoms with Gasteiger partial charge in [0.15, 0.2) is 0 Å². The fraction of sp³-hybridized carbons (Fsp3) is 0.714. The summed E-state index contributed by atoms with van der Waals surface area (Å²) in [6.07, 6.45) is 0.517. The molecule has 1 aromatic heterocycles. The van der Waals surface area contributed by atoms with Crippen LogP contribution in [-0.4, -0.2) is 59.0 Å². The molecule has 0 bridgehead atoms. The lowest BCUT2D eigenvalue weighted by atomic mass is 10.2. The zero-order valence-electron chi connectivity index (χ0n) is 12.7. The third-order valence-electron chi connectivity index (χ3n) is 3.44. The van der Waals surface area contributed by atoms with E-state index in [2.05, 4.69) is 29.2 Å². The first-order valence-corrected chi connectivity index (χ1v) is 7.12. The Hall–Kier alpha value is -1.40. The van der Waals surface area contributed by atoms with E-state index in [1.165, 1.54) is 0 Å². The maximum Gasteiger partial charge on any atom is 0.269 e. The minimum absolute atomic E-state index is 0.0672. The number of nitrogens with one attached hydrogen (secondary N) is 1. The normalized spacial score (nSPS) is 23.8. The van der Waals surface area contributed by atoms with Crippen LogP contribution in [0.2, 0.25) is 0 Å². The molecule has 0 aliphatic carbocycles. The summed E-state index contributed by atoms with van der Waals surface area (Å²) in [7, 11) is 1.78. The first-order chi connectivity index (χ1) is 9.45. The molecule has 2 rings (SSSR count). The largest absolute Gasteiger partial charge is 0.373 e. The topological polar surface area (TPSA) is 59.4 Å². The van der Waals surface area contributed by atoms with Crippen LogP contribution in [0.15, 0.2) is 6.07 Å². The molecule has 1 aliphatic heterocycles. The smallest absolute Gasteiger partial charge is 0.269 e. The maximum atomic E-state index is 12.0. The molecule has 0 aromatic carbocycles. The molecule has 1 aliphatic rings. The molecule has 0 spiro atoms. The molecule has 2 heterocycles. The van der Waals surface area contributed by atoms with Crippen LogP contribution < -0.4 is 5.32 Å². The van der Waals surface area contributed by atoms with Crippen molar-refractivity contribution in [1.29, 1.82) is 0 Å². The number of aromatic nitrogens is 2. The number of hydrogen-bond donors (Lipinski definition) is 1. The summed E-state index contributed by atoms with van der Waals surface area (Å²) in [4.78, 5) is 14.4. The molecule has 1 saturated heterocycles. The van der Waals surface area contributed by atoms with Crippen LogP contribution in [0, 0.1) is 6.92 Å². The molecule has 0 unspecified atom stereocenters. The Balaban J connectivity index is 1.78. The Kier molecular flexibility index (Phi) is 4.77. The molecular formula is C14H24N4O2. The third-order valence-corrected chi connectivity index (χ3v) is 3.44. The predicted octanol–water partition coefficient (Wildman–Crippen LogP) is 0.568. The molecule has 0 radical (unpaired) electrons. The van der Waals surface area contributed by atoms with Crippen LogP contribution in [0.5, 0.6) is 0 Å². The van der Waals surface area contributed by atoms with E-state index in [4.69, 9.17) is 4.74 Å². The van der Waals surface area contributed by atoms with E-state index >= 15 is 0 Å². The molecule has 20 heavy (non-hydrogen) atoms. The molecule has 1 amide bonds. The Morgan fingerprint density at radius 2 is 2.10 bits per heavy atom. The Bertz CT molecular complexity index is 462. The van der Waals surface area contributed by atoms with Crippen LogP contribution in [0.3, 0.4) is 0 Å². The van der Waals surface area contributed by atoms with Gasteiger partial charge < -0.3 is 10.1 Å². The van der Waals surface area contributed by atoms with Gasteiger partial charge in [0.25, 0.3) is 5.91 Å². The van der Waals surface area contributed by atoms with Crippen molar-refractivity contribution in [2.24, 2.45) is 7.05 Å². The number of ether oxygens (including phenoxy) is 1. The Morgan fingerprint density at radius 3 is 2.65 bits per heavy atom. The van der Waals surface area contributed by atoms with Crippen molar-refractivity contribution in [1.82, 2.24) is 20.0 Å². The molecular weight excluding hydrogens is 256 g/mol. The lowest BCUT2D eigenvalue weighted by Crippen LogP contribution is -2.47. The number of nitrogens with zero attached hydrogens (tertiary/aromatic N) is 3. The van der Waals surface area contributed by atoms with Gasteiger partial charge in [0.1, 0.15) is 5.69 Å². The number of carbonyl (C=O) groups excluding carboxylic acids is 1. The van der Waals surface area contributed by atoms with Crippen LogP contribution in [0.4, 0.5) is 0 Å². The number of carbonyl (C=O) groups is 1. The molecule has 112 valence electrons. The second-order valence-electron chi connectivity index (χ2n) is 5.57. The fourth-order valence-corrected chi connectivity index (χ4v) is 2.71. The van der Waals surface area contributed by atoms with E-state index < -0.39 is 0 Å². The zero-order valence-corrected chi connectivity index (χ0v) is 12.7. The summed E-state index contributed by atoms with van der Waals surface area (Å²) in [5.74, 6) is -0.0672. The lowest BCUT2D eigenvalue weighted by Gasteiger charge is -2.35. The summed E-state index contributed by atoms with van der Waals surface area (Å²) in [5.41, 5.74) is 1.46. The molecule has 2 atom stereocenters. The zero-order chi connectivity index (χ0) is 14.7. The summed E-state index contributed by atoms with van der Waals surface area (Å²) in [5, 5.41) is 7.13. The van der Waals surface area contributed by atoms with Crippen LogP contribution in [-0.2, 0) is 11.8 Å². The highest BCUT2D eigenvalue weighted by Gasteiger charge is 2.21. The maximum absolute atomic E-state index is 12.0. The van der Waals surface area contributed by atoms with Gasteiger partial charge in [0.05, 0.1) is 17.9 Å². The van der Waals surface area contributed by atoms with E-state index in [9.17, 15) is 4.79 Å². The highest BCUT2D eigenvalue weighted by molar-refractivity contribution is 5.92. The van der Waals surface area contributed by atoms with Crippen molar-refractivity contribution >= 4 is 5.91 Å². The van der Waals surface area contributed by atoms with Crippen LogP contribution >= 0.6 is 0 Å². The number of morpholine rings is 1. The summed E-state index contributed by atoms with van der Waals surface area (Å²) >= 11 is 0. The average Bonchev–Trinajstić information content (AvgIpc) is 2.67. The van der Waals surface area contributed by atoms with Crippen molar-refractivity contribution in [3.8, 4) is 0 Å². The van der Waals surface area contributed by atoms with E-state index in [0.29, 0.717) is 12.2 Å². The molecule has 6 heteroatoms. The van der Waals surface area contributed by atoms with Gasteiger partial charge in [-0.05, 0) is 26.8 Å². The van der Waals surface area contributed by atoms with Crippen molar-refractivity contribution in [3.05, 3.63) is 17.5 Å². The van der Waals surface area contributed by atoms with Crippen LogP contribution in [0.1, 0.15) is 30.0 Å². The summed E-state index contributed by atoms with van der Waals surface area (Å²) in [6.45, 7) is 9.38. The Morgan fingerprint density at radius 1 is 1.45 bits per heavy atom. The van der Waals surface area contributed by atoms with Gasteiger partial charge in [-0.15, -0.1) is 0 Å². The van der Waals surface area contributed by atoms with Gasteiger partial charge in [0, 0.05) is 33.2 Å². The van der Waals surface area contributed by atoms with Gasteiger partial charge in [0.2, 0.25) is 0 Å². The van der Waals surface area contributed by atoms with Gasteiger partial charge in [-0.25, -0.2) is 0 Å². The van der Waals surface area contributed by atoms with Crippen molar-refractivity contribution in [2.75, 3.05) is 26.2 Å². The van der Waals surface area contributed by atoms with Gasteiger partial charge in [-0.1, -0.05) is 0 Å². The lowest BCUT2D eigenvalue weighted by molar-refractivity contribution is -0.0672. The van der Waals surface area contributed by atoms with Crippen molar-refractivity contribution in [3.63, 3.8) is 0 Å². The number of rotatable bonds is 4. The average molecular weight is 280 g/mol. The first kappa shape index (κ1) is 15.0. The number of aryl methyl sites for hydroxylation is 2. The predicted molar refractivity (Wildman–Crippen MR) is 76.7 cm³/mol. The molecule has 1 fully saturated rings. The highest BCUT2D eigenvalue weighted by atomic mass is 16.5. The first-order valence-electron chi connectivity index (χ1n) is 7.12. The quantitative estimate of drug-likeness (QED) is 0.876. The summed E-state index contributed by atoms with van der Waals surface area (Å²) in [6, 6.07) is 1.80. The summed E-state index contributed by atoms with van der Waals surface area (Å²) < 4.78 is 7.31. The van der Waals surface area contributed by atoms with E-state index in [1.807, 2.05) is 6.92 Å². The van der Waals surface area contributed by atoms with E-state index in [0.717, 1.165) is 25.3 Å². The van der Waals surface area contributed by atoms with E-state index in [-0.39, 0.29) is 18.1 Å². The molecule has 6 nitrogen and oxygen atoms in total. The van der Waals surface area contributed by atoms with E-state index in [1.54, 1.807) is 17.8 Å². The second-order valence-corrected chi connectivity index (χ2v) is 5.57. The van der Waals surface area contributed by atoms with Crippen molar-refractivity contribution < 1.29 is 9.53 Å². The van der Waals surface area contributed by atoms with Crippen LogP contribution in [0.25, 0.3) is 0 Å². The standard InChI is InChI=1S/C14H24N4O2/c1-10-7-13(17(4)16-10)14(19)15-5-6-18-8-11(2)20-12(3)9-18/h7,11-12H,5-6,8-9H2,1-4H3,(H,15,19)/t11-,12+.